The molecule has 2 rings (SSSR count). The van der Waals surface area contributed by atoms with Crippen LogP contribution in [0.2, 0.25) is 0 Å². The zero-order valence-electron chi connectivity index (χ0n) is 9.28. The van der Waals surface area contributed by atoms with Gasteiger partial charge in [-0.25, -0.2) is 0 Å². The van der Waals surface area contributed by atoms with Crippen LogP contribution in [0.3, 0.4) is 0 Å². The lowest BCUT2D eigenvalue weighted by Crippen LogP contribution is -2.30. The average molecular weight is 221 g/mol. The Morgan fingerprint density at radius 3 is 2.33 bits per heavy atom. The number of hydrogen-bond acceptors (Lipinski definition) is 2. The van der Waals surface area contributed by atoms with Crippen LogP contribution in [-0.4, -0.2) is 18.3 Å². The van der Waals surface area contributed by atoms with Gasteiger partial charge in [0.2, 0.25) is 0 Å². The maximum absolute atomic E-state index is 3.38. The summed E-state index contributed by atoms with van der Waals surface area (Å²) in [5.41, 5.74) is 0. The summed E-state index contributed by atoms with van der Waals surface area (Å²) in [4.78, 5) is 1.42. The van der Waals surface area contributed by atoms with Crippen LogP contribution in [0.25, 0.3) is 0 Å². The molecule has 15 heavy (non-hydrogen) atoms. The minimum atomic E-state index is 0.762. The highest BCUT2D eigenvalue weighted by atomic mass is 32.2. The average Bonchev–Trinajstić information content (AvgIpc) is 2.31. The van der Waals surface area contributed by atoms with Gasteiger partial charge >= 0.3 is 0 Å². The minimum absolute atomic E-state index is 0.762. The molecule has 1 aliphatic carbocycles. The third-order valence-electron chi connectivity index (χ3n) is 3.13. The van der Waals surface area contributed by atoms with E-state index in [0.717, 1.165) is 11.3 Å². The lowest BCUT2D eigenvalue weighted by molar-refractivity contribution is 0.401. The van der Waals surface area contributed by atoms with E-state index >= 15 is 0 Å². The molecule has 82 valence electrons. The van der Waals surface area contributed by atoms with Gasteiger partial charge < -0.3 is 5.32 Å². The maximum atomic E-state index is 3.38. The SMILES string of the molecule is CNC1CCC(Sc2ccccc2)CC1. The molecule has 0 aliphatic heterocycles. The Labute approximate surface area is 96.7 Å². The van der Waals surface area contributed by atoms with Crippen molar-refractivity contribution in [1.82, 2.24) is 5.32 Å². The van der Waals surface area contributed by atoms with E-state index < -0.39 is 0 Å². The summed E-state index contributed by atoms with van der Waals surface area (Å²) in [5.74, 6) is 0. The molecule has 0 atom stereocenters. The van der Waals surface area contributed by atoms with Gasteiger partial charge in [-0.3, -0.25) is 0 Å². The van der Waals surface area contributed by atoms with Crippen LogP contribution in [0.5, 0.6) is 0 Å². The highest BCUT2D eigenvalue weighted by Crippen LogP contribution is 2.33. The summed E-state index contributed by atoms with van der Waals surface area (Å²) in [5, 5.41) is 4.21. The molecule has 1 saturated carbocycles. The Morgan fingerprint density at radius 1 is 1.07 bits per heavy atom. The molecule has 1 aromatic rings. The zero-order chi connectivity index (χ0) is 10.5. The first-order valence-electron chi connectivity index (χ1n) is 5.77. The third kappa shape index (κ3) is 3.25. The van der Waals surface area contributed by atoms with E-state index in [1.54, 1.807) is 0 Å². The molecule has 0 aromatic heterocycles. The van der Waals surface area contributed by atoms with Crippen molar-refractivity contribution < 1.29 is 0 Å². The van der Waals surface area contributed by atoms with Gasteiger partial charge in [0.25, 0.3) is 0 Å². The van der Waals surface area contributed by atoms with Crippen molar-refractivity contribution in [2.75, 3.05) is 7.05 Å². The van der Waals surface area contributed by atoms with Gasteiger partial charge in [0.1, 0.15) is 0 Å². The van der Waals surface area contributed by atoms with Crippen molar-refractivity contribution >= 4 is 11.8 Å². The Bertz CT molecular complexity index is 278. The molecular formula is C13H19NS. The second-order valence-electron chi connectivity index (χ2n) is 4.19. The van der Waals surface area contributed by atoms with Crippen LogP contribution in [0.15, 0.2) is 35.2 Å². The molecule has 0 bridgehead atoms. The van der Waals surface area contributed by atoms with E-state index in [0.29, 0.717) is 0 Å². The number of benzene rings is 1. The summed E-state index contributed by atoms with van der Waals surface area (Å²) >= 11 is 2.05. The predicted molar refractivity (Wildman–Crippen MR) is 67.4 cm³/mol. The fourth-order valence-corrected chi connectivity index (χ4v) is 3.37. The first-order valence-corrected chi connectivity index (χ1v) is 6.65. The molecule has 1 aliphatic rings. The molecule has 0 saturated heterocycles. The standard InChI is InChI=1S/C13H19NS/c1-14-11-7-9-13(10-8-11)15-12-5-3-2-4-6-12/h2-6,11,13-14H,7-10H2,1H3. The van der Waals surface area contributed by atoms with Crippen LogP contribution in [0, 0.1) is 0 Å². The molecule has 1 nitrogen and oxygen atoms in total. The van der Waals surface area contributed by atoms with Gasteiger partial charge in [-0.05, 0) is 44.9 Å². The molecule has 0 heterocycles. The minimum Gasteiger partial charge on any atom is -0.317 e. The number of rotatable bonds is 3. The van der Waals surface area contributed by atoms with Gasteiger partial charge in [0, 0.05) is 16.2 Å². The molecule has 0 radical (unpaired) electrons. The lowest BCUT2D eigenvalue weighted by Gasteiger charge is -2.27. The van der Waals surface area contributed by atoms with Crippen LogP contribution < -0.4 is 5.32 Å². The summed E-state index contributed by atoms with van der Waals surface area (Å²) in [7, 11) is 2.08. The first-order chi connectivity index (χ1) is 7.38. The van der Waals surface area contributed by atoms with Gasteiger partial charge in [-0.15, -0.1) is 11.8 Å². The molecule has 0 unspecified atom stereocenters. The molecule has 1 fully saturated rings. The topological polar surface area (TPSA) is 12.0 Å². The molecule has 0 amide bonds. The normalized spacial score (nSPS) is 26.5. The van der Waals surface area contributed by atoms with Crippen molar-refractivity contribution in [2.45, 2.75) is 41.9 Å². The second kappa shape index (κ2) is 5.57. The van der Waals surface area contributed by atoms with E-state index in [1.165, 1.54) is 30.6 Å². The summed E-state index contributed by atoms with van der Waals surface area (Å²) in [6.45, 7) is 0. The van der Waals surface area contributed by atoms with E-state index in [1.807, 2.05) is 11.8 Å². The Morgan fingerprint density at radius 2 is 1.73 bits per heavy atom. The van der Waals surface area contributed by atoms with Crippen LogP contribution in [-0.2, 0) is 0 Å². The number of nitrogens with one attached hydrogen (secondary N) is 1. The zero-order valence-corrected chi connectivity index (χ0v) is 10.1. The molecule has 0 spiro atoms. The predicted octanol–water partition coefficient (Wildman–Crippen LogP) is 3.31. The second-order valence-corrected chi connectivity index (χ2v) is 5.57. The third-order valence-corrected chi connectivity index (χ3v) is 4.48. The Balaban J connectivity index is 1.82. The summed E-state index contributed by atoms with van der Waals surface area (Å²) < 4.78 is 0. The fourth-order valence-electron chi connectivity index (χ4n) is 2.16. The van der Waals surface area contributed by atoms with E-state index in [4.69, 9.17) is 0 Å². The number of thioether (sulfide) groups is 1. The molecule has 2 heteroatoms. The monoisotopic (exact) mass is 221 g/mol. The van der Waals surface area contributed by atoms with E-state index in [2.05, 4.69) is 42.7 Å². The highest BCUT2D eigenvalue weighted by molar-refractivity contribution is 8.00. The first kappa shape index (κ1) is 11.0. The summed E-state index contributed by atoms with van der Waals surface area (Å²) in [6, 6.07) is 11.5. The van der Waals surface area contributed by atoms with Gasteiger partial charge in [-0.2, -0.15) is 0 Å². The Kier molecular flexibility index (Phi) is 4.09. The number of hydrogen-bond donors (Lipinski definition) is 1. The largest absolute Gasteiger partial charge is 0.317 e. The van der Waals surface area contributed by atoms with Crippen molar-refractivity contribution in [1.29, 1.82) is 0 Å². The van der Waals surface area contributed by atoms with Crippen molar-refractivity contribution in [3.05, 3.63) is 30.3 Å². The molecular weight excluding hydrogens is 202 g/mol. The van der Waals surface area contributed by atoms with Crippen molar-refractivity contribution in [3.8, 4) is 0 Å². The summed E-state index contributed by atoms with van der Waals surface area (Å²) in [6.07, 6.45) is 5.37. The fraction of sp³-hybridized carbons (Fsp3) is 0.538. The van der Waals surface area contributed by atoms with Crippen LogP contribution in [0.4, 0.5) is 0 Å². The Hall–Kier alpha value is -0.470. The van der Waals surface area contributed by atoms with E-state index in [9.17, 15) is 0 Å². The van der Waals surface area contributed by atoms with Crippen LogP contribution >= 0.6 is 11.8 Å². The van der Waals surface area contributed by atoms with Crippen molar-refractivity contribution in [3.63, 3.8) is 0 Å². The van der Waals surface area contributed by atoms with Gasteiger partial charge in [-0.1, -0.05) is 18.2 Å². The quantitative estimate of drug-likeness (QED) is 0.840. The van der Waals surface area contributed by atoms with Gasteiger partial charge in [0.05, 0.1) is 0 Å². The van der Waals surface area contributed by atoms with Crippen molar-refractivity contribution in [2.24, 2.45) is 0 Å². The highest BCUT2D eigenvalue weighted by Gasteiger charge is 2.20. The van der Waals surface area contributed by atoms with Gasteiger partial charge in [0.15, 0.2) is 0 Å². The molecule has 1 N–H and O–H groups in total. The molecule has 1 aromatic carbocycles. The lowest BCUT2D eigenvalue weighted by atomic mass is 9.95. The smallest absolute Gasteiger partial charge is 0.00955 e. The van der Waals surface area contributed by atoms with E-state index in [-0.39, 0.29) is 0 Å². The van der Waals surface area contributed by atoms with Crippen LogP contribution in [0.1, 0.15) is 25.7 Å². The maximum Gasteiger partial charge on any atom is 0.00955 e.